The fraction of sp³-hybridized carbons (Fsp3) is 0.500. The Labute approximate surface area is 49.3 Å². The zero-order valence-electron chi connectivity index (χ0n) is 4.22. The Morgan fingerprint density at radius 1 is 1.44 bits per heavy atom. The summed E-state index contributed by atoms with van der Waals surface area (Å²) in [6.07, 6.45) is -5.36. The Kier molecular flexibility index (Phi) is 1.44. The van der Waals surface area contributed by atoms with Crippen LogP contribution < -0.4 is 0 Å². The van der Waals surface area contributed by atoms with E-state index < -0.39 is 12.4 Å². The minimum atomic E-state index is -4.37. The Hall–Kier alpha value is -0.580. The zero-order chi connectivity index (χ0) is 6.91. The third kappa shape index (κ3) is 1.41. The summed E-state index contributed by atoms with van der Waals surface area (Å²) in [5.74, 6) is 0. The summed E-state index contributed by atoms with van der Waals surface area (Å²) < 4.78 is 38.6. The average molecular weight is 138 g/mol. The molecule has 0 bridgehead atoms. The second-order valence-electron chi connectivity index (χ2n) is 1.46. The van der Waals surface area contributed by atoms with Crippen molar-refractivity contribution in [1.29, 1.82) is 0 Å². The van der Waals surface area contributed by atoms with Gasteiger partial charge in [-0.1, -0.05) is 0 Å². The Morgan fingerprint density at radius 2 is 2.11 bits per heavy atom. The van der Waals surface area contributed by atoms with Gasteiger partial charge in [-0.25, -0.2) is 0 Å². The van der Waals surface area contributed by atoms with E-state index in [0.717, 1.165) is 12.8 Å². The second kappa shape index (κ2) is 1.98. The molecule has 1 unspecified atom stereocenters. The van der Waals surface area contributed by atoms with Crippen LogP contribution in [-0.4, -0.2) is 18.6 Å². The highest BCUT2D eigenvalue weighted by Crippen LogP contribution is 2.25. The van der Waals surface area contributed by atoms with E-state index >= 15 is 0 Å². The summed E-state index contributed by atoms with van der Waals surface area (Å²) in [5.41, 5.74) is 0. The largest absolute Gasteiger partial charge is 0.435 e. The molecular formula is C4H3F3NO. The fourth-order valence-electron chi connectivity index (χ4n) is 0.420. The molecule has 5 heteroatoms. The maximum Gasteiger partial charge on any atom is 0.435 e. The Balaban J connectivity index is 2.53. The number of hydrogen-bond donors (Lipinski definition) is 0. The molecule has 0 saturated heterocycles. The van der Waals surface area contributed by atoms with Gasteiger partial charge in [-0.2, -0.15) is 13.2 Å². The normalized spacial score (nSPS) is 27.2. The number of alkyl halides is 3. The standard InChI is InChI=1S/C4H3F3NO/c5-4(6,7)3-8-1-2-9-3/h1-3H. The van der Waals surface area contributed by atoms with Gasteiger partial charge in [0.05, 0.1) is 0 Å². The highest BCUT2D eigenvalue weighted by molar-refractivity contribution is 5.67. The second-order valence-corrected chi connectivity index (χ2v) is 1.46. The third-order valence-corrected chi connectivity index (χ3v) is 0.770. The molecule has 0 aromatic carbocycles. The monoisotopic (exact) mass is 138 g/mol. The summed E-state index contributed by atoms with van der Waals surface area (Å²) in [6.45, 7) is 0.915. The minimum Gasteiger partial charge on any atom is -0.336 e. The quantitative estimate of drug-likeness (QED) is 0.491. The van der Waals surface area contributed by atoms with Crippen LogP contribution in [0.5, 0.6) is 0 Å². The van der Waals surface area contributed by atoms with Gasteiger partial charge in [0.15, 0.2) is 0 Å². The minimum absolute atomic E-state index is 0.915. The van der Waals surface area contributed by atoms with E-state index in [2.05, 4.69) is 9.73 Å². The lowest BCUT2D eigenvalue weighted by Crippen LogP contribution is -2.26. The first-order chi connectivity index (χ1) is 4.11. The van der Waals surface area contributed by atoms with Crippen molar-refractivity contribution in [2.24, 2.45) is 4.99 Å². The number of halogens is 3. The molecule has 1 aliphatic heterocycles. The van der Waals surface area contributed by atoms with Crippen LogP contribution in [0.15, 0.2) is 4.99 Å². The van der Waals surface area contributed by atoms with E-state index in [0.29, 0.717) is 0 Å². The molecule has 0 fully saturated rings. The molecule has 1 heterocycles. The molecule has 9 heavy (non-hydrogen) atoms. The molecular weight excluding hydrogens is 135 g/mol. The molecule has 0 amide bonds. The third-order valence-electron chi connectivity index (χ3n) is 0.770. The van der Waals surface area contributed by atoms with E-state index in [9.17, 15) is 13.2 Å². The van der Waals surface area contributed by atoms with Crippen LogP contribution in [0.25, 0.3) is 0 Å². The maximum absolute atomic E-state index is 11.5. The summed E-state index contributed by atoms with van der Waals surface area (Å²) in [5, 5.41) is 0. The summed E-state index contributed by atoms with van der Waals surface area (Å²) >= 11 is 0. The molecule has 1 radical (unpaired) electrons. The summed E-state index contributed by atoms with van der Waals surface area (Å²) in [4.78, 5) is 2.98. The molecule has 0 spiro atoms. The first-order valence-electron chi connectivity index (χ1n) is 2.18. The molecule has 2 nitrogen and oxygen atoms in total. The van der Waals surface area contributed by atoms with Gasteiger partial charge in [0.1, 0.15) is 6.61 Å². The van der Waals surface area contributed by atoms with Gasteiger partial charge >= 0.3 is 6.18 Å². The van der Waals surface area contributed by atoms with Gasteiger partial charge in [-0.15, -0.1) is 0 Å². The lowest BCUT2D eigenvalue weighted by molar-refractivity contribution is -0.201. The van der Waals surface area contributed by atoms with Crippen molar-refractivity contribution in [3.8, 4) is 0 Å². The number of ether oxygens (including phenoxy) is 1. The molecule has 0 N–H and O–H groups in total. The Morgan fingerprint density at radius 3 is 2.33 bits per heavy atom. The molecule has 0 aromatic rings. The molecule has 51 valence electrons. The first kappa shape index (κ1) is 6.54. The van der Waals surface area contributed by atoms with Gasteiger partial charge < -0.3 is 4.74 Å². The van der Waals surface area contributed by atoms with Gasteiger partial charge in [0, 0.05) is 6.21 Å². The van der Waals surface area contributed by atoms with Crippen LogP contribution in [0.1, 0.15) is 0 Å². The molecule has 0 saturated carbocycles. The summed E-state index contributed by atoms with van der Waals surface area (Å²) in [6, 6.07) is 0. The topological polar surface area (TPSA) is 21.6 Å². The van der Waals surface area contributed by atoms with Crippen molar-refractivity contribution in [2.45, 2.75) is 12.4 Å². The van der Waals surface area contributed by atoms with E-state index in [1.165, 1.54) is 0 Å². The maximum atomic E-state index is 11.5. The van der Waals surface area contributed by atoms with Gasteiger partial charge in [-0.05, 0) is 0 Å². The zero-order valence-corrected chi connectivity index (χ0v) is 4.22. The lowest BCUT2D eigenvalue weighted by atomic mass is 10.6. The number of hydrogen-bond acceptors (Lipinski definition) is 2. The van der Waals surface area contributed by atoms with Crippen LogP contribution in [0.3, 0.4) is 0 Å². The Bertz CT molecular complexity index is 130. The lowest BCUT2D eigenvalue weighted by Gasteiger charge is -2.09. The van der Waals surface area contributed by atoms with E-state index in [1.807, 2.05) is 0 Å². The first-order valence-corrected chi connectivity index (χ1v) is 2.18. The van der Waals surface area contributed by atoms with Crippen molar-refractivity contribution in [3.05, 3.63) is 6.61 Å². The van der Waals surface area contributed by atoms with Crippen molar-refractivity contribution >= 4 is 6.21 Å². The summed E-state index contributed by atoms with van der Waals surface area (Å²) in [7, 11) is 0. The van der Waals surface area contributed by atoms with Crippen LogP contribution in [0.2, 0.25) is 0 Å². The van der Waals surface area contributed by atoms with Gasteiger partial charge in [0.2, 0.25) is 6.23 Å². The van der Waals surface area contributed by atoms with E-state index in [1.54, 1.807) is 0 Å². The van der Waals surface area contributed by atoms with Gasteiger partial charge in [-0.3, -0.25) is 4.99 Å². The molecule has 0 aliphatic carbocycles. The molecule has 1 atom stereocenters. The molecule has 0 aromatic heterocycles. The predicted octanol–water partition coefficient (Wildman–Crippen LogP) is 1.14. The number of rotatable bonds is 0. The molecule has 1 aliphatic rings. The highest BCUT2D eigenvalue weighted by atomic mass is 19.4. The average Bonchev–Trinajstić information content (AvgIpc) is 2.08. The van der Waals surface area contributed by atoms with Crippen LogP contribution in [0.4, 0.5) is 13.2 Å². The van der Waals surface area contributed by atoms with Crippen LogP contribution in [-0.2, 0) is 4.74 Å². The van der Waals surface area contributed by atoms with Crippen molar-refractivity contribution < 1.29 is 17.9 Å². The van der Waals surface area contributed by atoms with E-state index in [4.69, 9.17) is 0 Å². The SMILES string of the molecule is FC(F)(F)C1N=C[CH]O1. The smallest absolute Gasteiger partial charge is 0.336 e. The molecule has 1 rings (SSSR count). The highest BCUT2D eigenvalue weighted by Gasteiger charge is 2.41. The van der Waals surface area contributed by atoms with E-state index in [-0.39, 0.29) is 0 Å². The van der Waals surface area contributed by atoms with Crippen molar-refractivity contribution in [2.75, 3.05) is 0 Å². The fourth-order valence-corrected chi connectivity index (χ4v) is 0.420. The van der Waals surface area contributed by atoms with Crippen molar-refractivity contribution in [3.63, 3.8) is 0 Å². The predicted molar refractivity (Wildman–Crippen MR) is 23.7 cm³/mol. The van der Waals surface area contributed by atoms with Crippen LogP contribution >= 0.6 is 0 Å². The number of aliphatic imine (C=N–C) groups is 1. The number of nitrogens with zero attached hydrogens (tertiary/aromatic N) is 1. The van der Waals surface area contributed by atoms with Crippen LogP contribution in [0, 0.1) is 6.61 Å². The van der Waals surface area contributed by atoms with Crippen molar-refractivity contribution in [1.82, 2.24) is 0 Å². The van der Waals surface area contributed by atoms with Gasteiger partial charge in [0.25, 0.3) is 0 Å².